The Balaban J connectivity index is 2.20. The van der Waals surface area contributed by atoms with Gasteiger partial charge in [-0.15, -0.1) is 0 Å². The number of rotatable bonds is 5. The smallest absolute Gasteiger partial charge is 0.155 e. The van der Waals surface area contributed by atoms with Gasteiger partial charge in [-0.05, 0) is 20.4 Å². The molecule has 4 heteroatoms. The van der Waals surface area contributed by atoms with Crippen LogP contribution in [0.25, 0.3) is 0 Å². The van der Waals surface area contributed by atoms with Crippen molar-refractivity contribution in [2.24, 2.45) is 0 Å². The highest BCUT2D eigenvalue weighted by Crippen LogP contribution is 2.04. The van der Waals surface area contributed by atoms with Gasteiger partial charge in [-0.25, -0.2) is 9.97 Å². The standard InChI is InChI=1S/C9H15N3O/c1-8(10-2)3-4-13-9-5-11-7-12-6-9/h5-8,10H,3-4H2,1-2H3/t8-/m1/s1. The molecule has 0 aliphatic rings. The predicted molar refractivity (Wildman–Crippen MR) is 50.7 cm³/mol. The number of hydrogen-bond donors (Lipinski definition) is 1. The van der Waals surface area contributed by atoms with Crippen molar-refractivity contribution in [2.75, 3.05) is 13.7 Å². The van der Waals surface area contributed by atoms with Crippen LogP contribution in [0.15, 0.2) is 18.7 Å². The summed E-state index contributed by atoms with van der Waals surface area (Å²) in [5.41, 5.74) is 0. The SMILES string of the molecule is CN[C@H](C)CCOc1cncnc1. The van der Waals surface area contributed by atoms with E-state index in [2.05, 4.69) is 22.2 Å². The lowest BCUT2D eigenvalue weighted by Crippen LogP contribution is -2.23. The molecule has 0 bridgehead atoms. The molecule has 0 aromatic carbocycles. The van der Waals surface area contributed by atoms with E-state index in [1.807, 2.05) is 7.05 Å². The minimum Gasteiger partial charge on any atom is -0.490 e. The molecule has 1 aromatic rings. The molecule has 0 amide bonds. The van der Waals surface area contributed by atoms with Crippen molar-refractivity contribution in [1.82, 2.24) is 15.3 Å². The Morgan fingerprint density at radius 1 is 1.46 bits per heavy atom. The lowest BCUT2D eigenvalue weighted by atomic mass is 10.2. The quantitative estimate of drug-likeness (QED) is 0.731. The van der Waals surface area contributed by atoms with Gasteiger partial charge in [-0.2, -0.15) is 0 Å². The maximum absolute atomic E-state index is 5.41. The number of nitrogens with zero attached hydrogens (tertiary/aromatic N) is 2. The summed E-state index contributed by atoms with van der Waals surface area (Å²) in [5, 5.41) is 3.14. The monoisotopic (exact) mass is 181 g/mol. The van der Waals surface area contributed by atoms with Crippen molar-refractivity contribution in [1.29, 1.82) is 0 Å². The van der Waals surface area contributed by atoms with Crippen LogP contribution in [0.1, 0.15) is 13.3 Å². The van der Waals surface area contributed by atoms with Gasteiger partial charge >= 0.3 is 0 Å². The number of ether oxygens (including phenoxy) is 1. The number of hydrogen-bond acceptors (Lipinski definition) is 4. The average Bonchev–Trinajstić information content (AvgIpc) is 2.19. The summed E-state index contributed by atoms with van der Waals surface area (Å²) in [6.45, 7) is 2.81. The molecule has 1 atom stereocenters. The third-order valence-corrected chi connectivity index (χ3v) is 1.85. The Bertz CT molecular complexity index is 228. The van der Waals surface area contributed by atoms with Crippen LogP contribution in [0, 0.1) is 0 Å². The molecule has 0 spiro atoms. The zero-order valence-electron chi connectivity index (χ0n) is 8.03. The first kappa shape index (κ1) is 9.92. The van der Waals surface area contributed by atoms with Gasteiger partial charge in [0.1, 0.15) is 6.33 Å². The van der Waals surface area contributed by atoms with Gasteiger partial charge in [0, 0.05) is 6.04 Å². The fourth-order valence-corrected chi connectivity index (χ4v) is 0.858. The highest BCUT2D eigenvalue weighted by molar-refractivity contribution is 5.09. The highest BCUT2D eigenvalue weighted by atomic mass is 16.5. The second-order valence-electron chi connectivity index (χ2n) is 2.90. The Labute approximate surface area is 78.4 Å². The van der Waals surface area contributed by atoms with E-state index < -0.39 is 0 Å². The number of nitrogens with one attached hydrogen (secondary N) is 1. The predicted octanol–water partition coefficient (Wildman–Crippen LogP) is 0.853. The van der Waals surface area contributed by atoms with E-state index >= 15 is 0 Å². The van der Waals surface area contributed by atoms with Gasteiger partial charge in [0.2, 0.25) is 0 Å². The van der Waals surface area contributed by atoms with Crippen LogP contribution >= 0.6 is 0 Å². The summed E-state index contributed by atoms with van der Waals surface area (Å²) < 4.78 is 5.41. The van der Waals surface area contributed by atoms with E-state index in [1.165, 1.54) is 6.33 Å². The van der Waals surface area contributed by atoms with Gasteiger partial charge in [0.05, 0.1) is 19.0 Å². The van der Waals surface area contributed by atoms with Crippen LogP contribution in [0.3, 0.4) is 0 Å². The third kappa shape index (κ3) is 3.85. The van der Waals surface area contributed by atoms with Crippen LogP contribution < -0.4 is 10.1 Å². The maximum Gasteiger partial charge on any atom is 0.155 e. The molecule has 1 rings (SSSR count). The lowest BCUT2D eigenvalue weighted by Gasteiger charge is -2.10. The summed E-state index contributed by atoms with van der Waals surface area (Å²) in [6.07, 6.45) is 5.79. The Morgan fingerprint density at radius 2 is 2.15 bits per heavy atom. The van der Waals surface area contributed by atoms with Crippen molar-refractivity contribution < 1.29 is 4.74 Å². The van der Waals surface area contributed by atoms with Crippen molar-refractivity contribution in [2.45, 2.75) is 19.4 Å². The fourth-order valence-electron chi connectivity index (χ4n) is 0.858. The van der Waals surface area contributed by atoms with Gasteiger partial charge < -0.3 is 10.1 Å². The van der Waals surface area contributed by atoms with Gasteiger partial charge in [0.15, 0.2) is 5.75 Å². The minimum atomic E-state index is 0.477. The fraction of sp³-hybridized carbons (Fsp3) is 0.556. The Kier molecular flexibility index (Phi) is 4.18. The van der Waals surface area contributed by atoms with Crippen molar-refractivity contribution in [3.63, 3.8) is 0 Å². The van der Waals surface area contributed by atoms with Crippen LogP contribution in [0.5, 0.6) is 5.75 Å². The molecule has 0 aliphatic carbocycles. The molecule has 0 aliphatic heterocycles. The first-order valence-electron chi connectivity index (χ1n) is 4.38. The van der Waals surface area contributed by atoms with Crippen LogP contribution in [0.4, 0.5) is 0 Å². The van der Waals surface area contributed by atoms with Crippen molar-refractivity contribution >= 4 is 0 Å². The average molecular weight is 181 g/mol. The first-order valence-corrected chi connectivity index (χ1v) is 4.38. The van der Waals surface area contributed by atoms with Gasteiger partial charge in [-0.3, -0.25) is 0 Å². The topological polar surface area (TPSA) is 47.0 Å². The van der Waals surface area contributed by atoms with Crippen molar-refractivity contribution in [3.05, 3.63) is 18.7 Å². The van der Waals surface area contributed by atoms with E-state index in [1.54, 1.807) is 12.4 Å². The van der Waals surface area contributed by atoms with E-state index in [-0.39, 0.29) is 0 Å². The second kappa shape index (κ2) is 5.48. The minimum absolute atomic E-state index is 0.477. The first-order chi connectivity index (χ1) is 6.33. The number of aromatic nitrogens is 2. The third-order valence-electron chi connectivity index (χ3n) is 1.85. The highest BCUT2D eigenvalue weighted by Gasteiger charge is 1.98. The van der Waals surface area contributed by atoms with Crippen molar-refractivity contribution in [3.8, 4) is 5.75 Å². The summed E-state index contributed by atoms with van der Waals surface area (Å²) >= 11 is 0. The Morgan fingerprint density at radius 3 is 2.77 bits per heavy atom. The summed E-state index contributed by atoms with van der Waals surface area (Å²) in [7, 11) is 1.94. The zero-order chi connectivity index (χ0) is 9.52. The molecule has 1 N–H and O–H groups in total. The zero-order valence-corrected chi connectivity index (χ0v) is 8.03. The summed E-state index contributed by atoms with van der Waals surface area (Å²) in [4.78, 5) is 7.70. The van der Waals surface area contributed by atoms with E-state index in [0.29, 0.717) is 12.6 Å². The van der Waals surface area contributed by atoms with E-state index in [4.69, 9.17) is 4.74 Å². The van der Waals surface area contributed by atoms with Gasteiger partial charge in [0.25, 0.3) is 0 Å². The molecule has 1 aromatic heterocycles. The normalized spacial score (nSPS) is 12.5. The van der Waals surface area contributed by atoms with E-state index in [9.17, 15) is 0 Å². The molecule has 0 unspecified atom stereocenters. The molecule has 72 valence electrons. The molecule has 0 saturated heterocycles. The van der Waals surface area contributed by atoms with Crippen LogP contribution in [-0.4, -0.2) is 29.7 Å². The van der Waals surface area contributed by atoms with Crippen LogP contribution in [-0.2, 0) is 0 Å². The second-order valence-corrected chi connectivity index (χ2v) is 2.90. The Hall–Kier alpha value is -1.16. The van der Waals surface area contributed by atoms with Gasteiger partial charge in [-0.1, -0.05) is 0 Å². The molecule has 4 nitrogen and oxygen atoms in total. The molecular formula is C9H15N3O. The van der Waals surface area contributed by atoms with E-state index in [0.717, 1.165) is 12.2 Å². The maximum atomic E-state index is 5.41. The molecular weight excluding hydrogens is 166 g/mol. The molecule has 0 fully saturated rings. The molecule has 0 saturated carbocycles. The lowest BCUT2D eigenvalue weighted by molar-refractivity contribution is 0.291. The summed E-state index contributed by atoms with van der Waals surface area (Å²) in [5.74, 6) is 0.728. The molecule has 0 radical (unpaired) electrons. The summed E-state index contributed by atoms with van der Waals surface area (Å²) in [6, 6.07) is 0.477. The molecule has 1 heterocycles. The largest absolute Gasteiger partial charge is 0.490 e. The van der Waals surface area contributed by atoms with Crippen LogP contribution in [0.2, 0.25) is 0 Å². The molecule has 13 heavy (non-hydrogen) atoms.